The van der Waals surface area contributed by atoms with E-state index in [-0.39, 0.29) is 41.5 Å². The van der Waals surface area contributed by atoms with Crippen LogP contribution in [0, 0.1) is 0 Å². The van der Waals surface area contributed by atoms with E-state index in [0.29, 0.717) is 13.0 Å². The topological polar surface area (TPSA) is 66.0 Å². The van der Waals surface area contributed by atoms with Crippen LogP contribution in [0.2, 0.25) is 0 Å². The molecular weight excluding hydrogens is 467 g/mol. The van der Waals surface area contributed by atoms with Crippen molar-refractivity contribution in [3.05, 3.63) is 29.8 Å². The molecule has 1 aromatic rings. The molecule has 6 nitrogen and oxygen atoms in total. The lowest BCUT2D eigenvalue weighted by molar-refractivity contribution is -0.127. The summed E-state index contributed by atoms with van der Waals surface area (Å²) < 4.78 is 6.12. The lowest BCUT2D eigenvalue weighted by atomic mass is 9.90. The van der Waals surface area contributed by atoms with Crippen molar-refractivity contribution in [1.82, 2.24) is 15.5 Å². The number of halogens is 1. The van der Waals surface area contributed by atoms with Crippen molar-refractivity contribution in [2.45, 2.75) is 58.1 Å². The third-order valence-corrected chi connectivity index (χ3v) is 5.06. The minimum atomic E-state index is -0.223. The van der Waals surface area contributed by atoms with Gasteiger partial charge in [0.25, 0.3) is 0 Å². The lowest BCUT2D eigenvalue weighted by Gasteiger charge is -2.38. The van der Waals surface area contributed by atoms with Crippen LogP contribution in [0.1, 0.15) is 58.1 Å². The Labute approximate surface area is 185 Å². The maximum atomic E-state index is 11.7. The first kappa shape index (κ1) is 22.8. The quantitative estimate of drug-likeness (QED) is 0.272. The molecule has 1 saturated heterocycles. The number of fused-ring (bicyclic) bond motifs is 1. The summed E-state index contributed by atoms with van der Waals surface area (Å²) in [5.41, 5.74) is 0.949. The van der Waals surface area contributed by atoms with Crippen molar-refractivity contribution in [2.75, 3.05) is 26.2 Å². The molecule has 7 heteroatoms. The van der Waals surface area contributed by atoms with E-state index in [4.69, 9.17) is 9.73 Å². The number of rotatable bonds is 6. The van der Waals surface area contributed by atoms with Crippen LogP contribution in [0.4, 0.5) is 0 Å². The first-order valence-electron chi connectivity index (χ1n) is 10.1. The Kier molecular flexibility index (Phi) is 8.39. The molecule has 1 unspecified atom stereocenters. The molecule has 1 atom stereocenters. The van der Waals surface area contributed by atoms with Gasteiger partial charge in [0.05, 0.1) is 6.04 Å². The van der Waals surface area contributed by atoms with Gasteiger partial charge in [-0.25, -0.2) is 0 Å². The van der Waals surface area contributed by atoms with Crippen LogP contribution < -0.4 is 15.4 Å². The molecule has 0 spiro atoms. The third-order valence-electron chi connectivity index (χ3n) is 5.06. The highest BCUT2D eigenvalue weighted by molar-refractivity contribution is 14.0. The van der Waals surface area contributed by atoms with Crippen molar-refractivity contribution >= 4 is 35.8 Å². The number of amides is 1. The number of guanidine groups is 1. The number of ether oxygens (including phenoxy) is 1. The predicted molar refractivity (Wildman–Crippen MR) is 123 cm³/mol. The Morgan fingerprint density at radius 1 is 1.36 bits per heavy atom. The van der Waals surface area contributed by atoms with E-state index >= 15 is 0 Å². The molecule has 2 N–H and O–H groups in total. The number of carbonyl (C=O) groups is 1. The fourth-order valence-electron chi connectivity index (χ4n) is 3.81. The first-order chi connectivity index (χ1) is 13.0. The van der Waals surface area contributed by atoms with Gasteiger partial charge in [-0.1, -0.05) is 18.2 Å². The van der Waals surface area contributed by atoms with Crippen molar-refractivity contribution in [1.29, 1.82) is 0 Å². The monoisotopic (exact) mass is 500 g/mol. The predicted octanol–water partition coefficient (Wildman–Crippen LogP) is 3.47. The molecule has 0 bridgehead atoms. The Morgan fingerprint density at radius 3 is 2.86 bits per heavy atom. The molecule has 2 aliphatic rings. The highest BCUT2D eigenvalue weighted by Crippen LogP contribution is 2.39. The molecular formula is C21H33IN4O2. The summed E-state index contributed by atoms with van der Waals surface area (Å²) >= 11 is 0. The van der Waals surface area contributed by atoms with Crippen molar-refractivity contribution < 1.29 is 9.53 Å². The van der Waals surface area contributed by atoms with E-state index in [1.54, 1.807) is 0 Å². The highest BCUT2D eigenvalue weighted by Gasteiger charge is 2.33. The van der Waals surface area contributed by atoms with E-state index in [1.807, 2.05) is 23.1 Å². The maximum Gasteiger partial charge on any atom is 0.222 e. The largest absolute Gasteiger partial charge is 0.487 e. The summed E-state index contributed by atoms with van der Waals surface area (Å²) in [5, 5.41) is 6.93. The van der Waals surface area contributed by atoms with Gasteiger partial charge in [0, 0.05) is 44.6 Å². The molecule has 1 aromatic carbocycles. The zero-order valence-electron chi connectivity index (χ0n) is 17.2. The van der Waals surface area contributed by atoms with Crippen LogP contribution >= 0.6 is 24.0 Å². The van der Waals surface area contributed by atoms with Crippen molar-refractivity contribution in [3.63, 3.8) is 0 Å². The molecule has 0 saturated carbocycles. The Bertz CT molecular complexity index is 693. The average Bonchev–Trinajstić information content (AvgIpc) is 3.03. The Hall–Kier alpha value is -1.51. The number of likely N-dealkylation sites (tertiary alicyclic amines) is 1. The minimum Gasteiger partial charge on any atom is -0.487 e. The molecule has 28 heavy (non-hydrogen) atoms. The summed E-state index contributed by atoms with van der Waals surface area (Å²) in [6, 6.07) is 8.36. The van der Waals surface area contributed by atoms with Gasteiger partial charge in [-0.05, 0) is 39.7 Å². The highest BCUT2D eigenvalue weighted by atomic mass is 127. The van der Waals surface area contributed by atoms with Crippen LogP contribution in [0.5, 0.6) is 5.75 Å². The Balaban J connectivity index is 0.00000280. The van der Waals surface area contributed by atoms with Gasteiger partial charge in [0.15, 0.2) is 5.96 Å². The number of hydrogen-bond acceptors (Lipinski definition) is 3. The maximum absolute atomic E-state index is 11.7. The van der Waals surface area contributed by atoms with Gasteiger partial charge in [-0.2, -0.15) is 0 Å². The molecule has 156 valence electrons. The second kappa shape index (κ2) is 10.3. The number of carbonyl (C=O) groups excluding carboxylic acids is 1. The fourth-order valence-corrected chi connectivity index (χ4v) is 3.81. The van der Waals surface area contributed by atoms with Crippen LogP contribution in [-0.4, -0.2) is 48.5 Å². The number of nitrogens with one attached hydrogen (secondary N) is 2. The van der Waals surface area contributed by atoms with E-state index in [2.05, 4.69) is 37.5 Å². The van der Waals surface area contributed by atoms with E-state index in [1.165, 1.54) is 5.56 Å². The van der Waals surface area contributed by atoms with Gasteiger partial charge in [0.2, 0.25) is 5.91 Å². The van der Waals surface area contributed by atoms with Crippen LogP contribution in [0.25, 0.3) is 0 Å². The van der Waals surface area contributed by atoms with Crippen molar-refractivity contribution in [2.24, 2.45) is 4.99 Å². The third kappa shape index (κ3) is 5.99. The minimum absolute atomic E-state index is 0. The number of para-hydroxylation sites is 1. The number of hydrogen-bond donors (Lipinski definition) is 2. The van der Waals surface area contributed by atoms with E-state index < -0.39 is 0 Å². The molecule has 0 aromatic heterocycles. The molecule has 0 aliphatic carbocycles. The van der Waals surface area contributed by atoms with Gasteiger partial charge >= 0.3 is 0 Å². The standard InChI is InChI=1S/C21H32N4O2.HI/c1-4-22-20(23-12-8-14-25-13-7-11-19(25)26)24-17-15-21(2,3)27-18-10-6-5-9-16(17)18;/h5-6,9-10,17H,4,7-8,11-15H2,1-3H3,(H2,22,23,24);1H. The molecule has 0 radical (unpaired) electrons. The molecule has 2 aliphatic heterocycles. The average molecular weight is 500 g/mol. The van der Waals surface area contributed by atoms with Crippen molar-refractivity contribution in [3.8, 4) is 5.75 Å². The Morgan fingerprint density at radius 2 is 2.14 bits per heavy atom. The summed E-state index contributed by atoms with van der Waals surface area (Å²) in [7, 11) is 0. The normalized spacial score (nSPS) is 20.8. The second-order valence-electron chi connectivity index (χ2n) is 7.90. The van der Waals surface area contributed by atoms with E-state index in [0.717, 1.165) is 50.6 Å². The molecule has 3 rings (SSSR count). The van der Waals surface area contributed by atoms with Gasteiger partial charge < -0.3 is 20.3 Å². The SMILES string of the molecule is CCNC(=NCCCN1CCCC1=O)NC1CC(C)(C)Oc2ccccc21.I. The number of benzene rings is 1. The van der Waals surface area contributed by atoms with Gasteiger partial charge in [-0.3, -0.25) is 9.79 Å². The smallest absolute Gasteiger partial charge is 0.222 e. The summed E-state index contributed by atoms with van der Waals surface area (Å²) in [6.07, 6.45) is 3.45. The van der Waals surface area contributed by atoms with Gasteiger partial charge in [-0.15, -0.1) is 24.0 Å². The van der Waals surface area contributed by atoms with E-state index in [9.17, 15) is 4.79 Å². The van der Waals surface area contributed by atoms with Crippen LogP contribution in [0.15, 0.2) is 29.3 Å². The lowest BCUT2D eigenvalue weighted by Crippen LogP contribution is -2.45. The fraction of sp³-hybridized carbons (Fsp3) is 0.619. The number of aliphatic imine (C=N–C) groups is 1. The summed E-state index contributed by atoms with van der Waals surface area (Å²) in [6.45, 7) is 9.52. The summed E-state index contributed by atoms with van der Waals surface area (Å²) in [4.78, 5) is 18.4. The molecule has 1 fully saturated rings. The number of nitrogens with zero attached hydrogens (tertiary/aromatic N) is 2. The second-order valence-corrected chi connectivity index (χ2v) is 7.90. The van der Waals surface area contributed by atoms with Crippen LogP contribution in [-0.2, 0) is 4.79 Å². The van der Waals surface area contributed by atoms with Crippen LogP contribution in [0.3, 0.4) is 0 Å². The zero-order chi connectivity index (χ0) is 19.3. The molecule has 1 amide bonds. The molecule has 2 heterocycles. The summed E-state index contributed by atoms with van der Waals surface area (Å²) in [5.74, 6) is 2.04. The zero-order valence-corrected chi connectivity index (χ0v) is 19.5. The van der Waals surface area contributed by atoms with Gasteiger partial charge in [0.1, 0.15) is 11.4 Å². The first-order valence-corrected chi connectivity index (χ1v) is 10.1.